The molecule has 0 spiro atoms. The van der Waals surface area contributed by atoms with Crippen LogP contribution in [-0.2, 0) is 13.0 Å². The molecule has 0 atom stereocenters. The Hall–Kier alpha value is -3.62. The zero-order chi connectivity index (χ0) is 19.8. The van der Waals surface area contributed by atoms with Crippen LogP contribution < -0.4 is 9.47 Å². The molecule has 0 saturated heterocycles. The minimum Gasteiger partial charge on any atom is -0.486 e. The number of rotatable bonds is 3. The maximum Gasteiger partial charge on any atom is 0.335 e. The second-order valence-corrected chi connectivity index (χ2v) is 6.54. The van der Waals surface area contributed by atoms with E-state index in [9.17, 15) is 19.7 Å². The summed E-state index contributed by atoms with van der Waals surface area (Å²) in [5.74, 6) is -1.01. The molecule has 28 heavy (non-hydrogen) atoms. The molecule has 0 fully saturated rings. The Labute approximate surface area is 159 Å². The lowest BCUT2D eigenvalue weighted by atomic mass is 9.96. The highest BCUT2D eigenvalue weighted by molar-refractivity contribution is 5.99. The van der Waals surface area contributed by atoms with Gasteiger partial charge < -0.3 is 19.5 Å². The largest absolute Gasteiger partial charge is 0.486 e. The average molecular weight is 384 g/mol. The normalized spacial score (nSPS) is 14.9. The number of carboxylic acids is 1. The van der Waals surface area contributed by atoms with Crippen LogP contribution in [0.1, 0.15) is 31.8 Å². The summed E-state index contributed by atoms with van der Waals surface area (Å²) < 4.78 is 10.8. The van der Waals surface area contributed by atoms with Crippen LogP contribution in [0.25, 0.3) is 0 Å². The molecule has 2 aromatic carbocycles. The molecule has 1 N–H and O–H groups in total. The molecule has 2 heterocycles. The van der Waals surface area contributed by atoms with Gasteiger partial charge in [0.2, 0.25) is 0 Å². The van der Waals surface area contributed by atoms with Crippen molar-refractivity contribution in [2.45, 2.75) is 13.0 Å². The van der Waals surface area contributed by atoms with Crippen molar-refractivity contribution in [3.05, 3.63) is 62.7 Å². The summed E-state index contributed by atoms with van der Waals surface area (Å²) in [7, 11) is 0. The van der Waals surface area contributed by atoms with Crippen LogP contribution in [0.3, 0.4) is 0 Å². The Morgan fingerprint density at radius 1 is 1.07 bits per heavy atom. The van der Waals surface area contributed by atoms with Crippen molar-refractivity contribution in [3.63, 3.8) is 0 Å². The van der Waals surface area contributed by atoms with E-state index in [-0.39, 0.29) is 35.7 Å². The molecule has 2 aromatic rings. The zero-order valence-corrected chi connectivity index (χ0v) is 14.7. The van der Waals surface area contributed by atoms with E-state index in [1.54, 1.807) is 6.07 Å². The van der Waals surface area contributed by atoms with E-state index in [2.05, 4.69) is 0 Å². The number of hydrogen-bond acceptors (Lipinski definition) is 6. The quantitative estimate of drug-likeness (QED) is 0.637. The third kappa shape index (κ3) is 3.11. The van der Waals surface area contributed by atoms with Crippen LogP contribution in [0, 0.1) is 10.1 Å². The molecule has 2 aliphatic rings. The number of carboxylic acid groups (broad SMARTS) is 1. The van der Waals surface area contributed by atoms with Crippen LogP contribution in [-0.4, -0.2) is 46.6 Å². The highest BCUT2D eigenvalue weighted by Gasteiger charge is 2.31. The molecule has 4 rings (SSSR count). The first-order valence-electron chi connectivity index (χ1n) is 8.66. The van der Waals surface area contributed by atoms with Gasteiger partial charge >= 0.3 is 5.97 Å². The van der Waals surface area contributed by atoms with Gasteiger partial charge in [-0.05, 0) is 29.7 Å². The molecule has 9 heteroatoms. The topological polar surface area (TPSA) is 119 Å². The number of nitrogens with zero attached hydrogens (tertiary/aromatic N) is 2. The fraction of sp³-hybridized carbons (Fsp3) is 0.263. The van der Waals surface area contributed by atoms with Gasteiger partial charge in [0.05, 0.1) is 16.6 Å². The van der Waals surface area contributed by atoms with Gasteiger partial charge in [0.1, 0.15) is 18.8 Å². The summed E-state index contributed by atoms with van der Waals surface area (Å²) in [5, 5.41) is 20.7. The van der Waals surface area contributed by atoms with Gasteiger partial charge in [0.25, 0.3) is 11.6 Å². The van der Waals surface area contributed by atoms with E-state index in [0.717, 1.165) is 11.1 Å². The lowest BCUT2D eigenvalue weighted by molar-refractivity contribution is -0.385. The lowest BCUT2D eigenvalue weighted by Gasteiger charge is -2.29. The van der Waals surface area contributed by atoms with Crippen LogP contribution in [0.2, 0.25) is 0 Å². The van der Waals surface area contributed by atoms with Gasteiger partial charge in [-0.2, -0.15) is 0 Å². The third-order valence-corrected chi connectivity index (χ3v) is 4.84. The maximum atomic E-state index is 13.0. The zero-order valence-electron chi connectivity index (χ0n) is 14.7. The summed E-state index contributed by atoms with van der Waals surface area (Å²) in [5.41, 5.74) is 1.40. The average Bonchev–Trinajstić information content (AvgIpc) is 2.71. The van der Waals surface area contributed by atoms with E-state index in [1.807, 2.05) is 0 Å². The van der Waals surface area contributed by atoms with Gasteiger partial charge in [-0.25, -0.2) is 4.79 Å². The van der Waals surface area contributed by atoms with Gasteiger partial charge in [-0.1, -0.05) is 6.07 Å². The molecule has 0 bridgehead atoms. The molecule has 0 radical (unpaired) electrons. The van der Waals surface area contributed by atoms with Crippen LogP contribution >= 0.6 is 0 Å². The molecule has 0 saturated carbocycles. The van der Waals surface area contributed by atoms with Crippen molar-refractivity contribution >= 4 is 17.6 Å². The van der Waals surface area contributed by atoms with Crippen molar-refractivity contribution in [1.29, 1.82) is 0 Å². The van der Waals surface area contributed by atoms with Gasteiger partial charge in [0.15, 0.2) is 11.5 Å². The van der Waals surface area contributed by atoms with Gasteiger partial charge in [-0.15, -0.1) is 0 Å². The number of carbonyl (C=O) groups excluding carboxylic acids is 1. The molecule has 144 valence electrons. The Kier molecular flexibility index (Phi) is 4.34. The molecule has 0 aliphatic carbocycles. The summed E-state index contributed by atoms with van der Waals surface area (Å²) in [6.07, 6.45) is 0.541. The number of nitro groups is 1. The fourth-order valence-corrected chi connectivity index (χ4v) is 3.43. The number of nitro benzene ring substituents is 1. The first-order chi connectivity index (χ1) is 13.4. The Balaban J connectivity index is 1.67. The Morgan fingerprint density at radius 2 is 1.79 bits per heavy atom. The highest BCUT2D eigenvalue weighted by atomic mass is 16.6. The lowest BCUT2D eigenvalue weighted by Crippen LogP contribution is -2.36. The molecule has 9 nitrogen and oxygen atoms in total. The number of ether oxygens (including phenoxy) is 2. The standard InChI is InChI=1S/C19H16N2O7/c22-18(14-8-16-17(28-6-5-27-16)9-15(14)21(25)26)20-4-3-11-1-2-12(19(23)24)7-13(11)10-20/h1-2,7-9H,3-6,10H2,(H,23,24). The summed E-state index contributed by atoms with van der Waals surface area (Å²) in [6, 6.07) is 7.37. The van der Waals surface area contributed by atoms with Gasteiger partial charge in [0, 0.05) is 19.2 Å². The van der Waals surface area contributed by atoms with Crippen molar-refractivity contribution < 1.29 is 29.1 Å². The van der Waals surface area contributed by atoms with Crippen molar-refractivity contribution in [3.8, 4) is 11.5 Å². The second kappa shape index (κ2) is 6.84. The van der Waals surface area contributed by atoms with E-state index >= 15 is 0 Å². The van der Waals surface area contributed by atoms with E-state index < -0.39 is 16.8 Å². The van der Waals surface area contributed by atoms with E-state index in [1.165, 1.54) is 29.2 Å². The van der Waals surface area contributed by atoms with Crippen LogP contribution in [0.4, 0.5) is 5.69 Å². The summed E-state index contributed by atoms with van der Waals surface area (Å²) in [4.78, 5) is 36.6. The smallest absolute Gasteiger partial charge is 0.335 e. The first-order valence-corrected chi connectivity index (χ1v) is 8.66. The second-order valence-electron chi connectivity index (χ2n) is 6.54. The minimum atomic E-state index is -1.05. The minimum absolute atomic E-state index is 0.0768. The third-order valence-electron chi connectivity index (χ3n) is 4.84. The Bertz CT molecular complexity index is 1000. The number of aromatic carboxylic acids is 1. The van der Waals surface area contributed by atoms with E-state index in [4.69, 9.17) is 14.6 Å². The maximum absolute atomic E-state index is 13.0. The van der Waals surface area contributed by atoms with Crippen LogP contribution in [0.5, 0.6) is 11.5 Å². The predicted octanol–water partition coefficient (Wildman–Crippen LogP) is 2.26. The number of carbonyl (C=O) groups is 2. The molecule has 0 aromatic heterocycles. The number of amides is 1. The van der Waals surface area contributed by atoms with Gasteiger partial charge in [-0.3, -0.25) is 14.9 Å². The van der Waals surface area contributed by atoms with Crippen LogP contribution in [0.15, 0.2) is 30.3 Å². The molecular formula is C19H16N2O7. The van der Waals surface area contributed by atoms with Crippen molar-refractivity contribution in [2.75, 3.05) is 19.8 Å². The highest BCUT2D eigenvalue weighted by Crippen LogP contribution is 2.37. The monoisotopic (exact) mass is 384 g/mol. The fourth-order valence-electron chi connectivity index (χ4n) is 3.43. The van der Waals surface area contributed by atoms with Crippen molar-refractivity contribution in [1.82, 2.24) is 4.90 Å². The number of benzene rings is 2. The molecular weight excluding hydrogens is 368 g/mol. The molecule has 2 aliphatic heterocycles. The van der Waals surface area contributed by atoms with Crippen molar-refractivity contribution in [2.24, 2.45) is 0 Å². The summed E-state index contributed by atoms with van der Waals surface area (Å²) in [6.45, 7) is 1.14. The Morgan fingerprint density at radius 3 is 2.46 bits per heavy atom. The number of hydrogen-bond donors (Lipinski definition) is 1. The predicted molar refractivity (Wildman–Crippen MR) is 95.9 cm³/mol. The summed E-state index contributed by atoms with van der Waals surface area (Å²) >= 11 is 0. The first kappa shape index (κ1) is 17.8. The number of fused-ring (bicyclic) bond motifs is 2. The SMILES string of the molecule is O=C(O)c1ccc2c(c1)CN(C(=O)c1cc3c(cc1[N+](=O)[O-])OCCO3)CC2. The molecule has 0 unspecified atom stereocenters. The molecule has 1 amide bonds. The van der Waals surface area contributed by atoms with E-state index in [0.29, 0.717) is 25.3 Å².